The molecule has 2 aliphatic heterocycles. The lowest BCUT2D eigenvalue weighted by Gasteiger charge is -2.12. The maximum absolute atomic E-state index is 12.0. The van der Waals surface area contributed by atoms with Crippen molar-refractivity contribution in [1.29, 1.82) is 0 Å². The second-order valence-electron chi connectivity index (χ2n) is 5.52. The summed E-state index contributed by atoms with van der Waals surface area (Å²) in [5.74, 6) is -0.334. The van der Waals surface area contributed by atoms with Gasteiger partial charge >= 0.3 is 5.97 Å². The Labute approximate surface area is 134 Å². The minimum atomic E-state index is -3.60. The summed E-state index contributed by atoms with van der Waals surface area (Å²) in [6.45, 7) is 2.47. The molecule has 0 unspecified atom stereocenters. The van der Waals surface area contributed by atoms with Crippen LogP contribution in [0.3, 0.4) is 0 Å². The van der Waals surface area contributed by atoms with E-state index in [0.29, 0.717) is 12.2 Å². The van der Waals surface area contributed by atoms with E-state index in [1.54, 1.807) is 25.1 Å². The van der Waals surface area contributed by atoms with Gasteiger partial charge in [-0.1, -0.05) is 12.1 Å². The lowest BCUT2D eigenvalue weighted by atomic mass is 10.2. The summed E-state index contributed by atoms with van der Waals surface area (Å²) in [6, 6.07) is 5.70. The Morgan fingerprint density at radius 3 is 3.00 bits per heavy atom. The van der Waals surface area contributed by atoms with Crippen molar-refractivity contribution >= 4 is 21.8 Å². The number of rotatable bonds is 4. The van der Waals surface area contributed by atoms with Crippen LogP contribution in [0.2, 0.25) is 0 Å². The second kappa shape index (κ2) is 6.29. The van der Waals surface area contributed by atoms with Crippen LogP contribution in [0.5, 0.6) is 0 Å². The fraction of sp³-hybridized carbons (Fsp3) is 0.467. The molecule has 0 amide bonds. The van der Waals surface area contributed by atoms with Gasteiger partial charge in [-0.3, -0.25) is 9.71 Å². The number of nitrogens with one attached hydrogen (secondary N) is 1. The van der Waals surface area contributed by atoms with Crippen molar-refractivity contribution in [2.24, 2.45) is 4.99 Å². The summed E-state index contributed by atoms with van der Waals surface area (Å²) in [7, 11) is -3.60. The van der Waals surface area contributed by atoms with E-state index >= 15 is 0 Å². The molecule has 0 aromatic heterocycles. The predicted molar refractivity (Wildman–Crippen MR) is 82.7 cm³/mol. The Morgan fingerprint density at radius 2 is 2.26 bits per heavy atom. The average molecular weight is 338 g/mol. The quantitative estimate of drug-likeness (QED) is 0.821. The summed E-state index contributed by atoms with van der Waals surface area (Å²) in [6.07, 6.45) is 1.80. The molecule has 1 fully saturated rings. The number of sulfonamides is 1. The third-order valence-corrected chi connectivity index (χ3v) is 5.16. The molecular formula is C15H18N2O5S. The number of hydrogen-bond acceptors (Lipinski definition) is 6. The molecule has 7 nitrogen and oxygen atoms in total. The van der Waals surface area contributed by atoms with Gasteiger partial charge in [-0.15, -0.1) is 0 Å². The molecule has 124 valence electrons. The number of hydrogen-bond donors (Lipinski definition) is 1. The lowest BCUT2D eigenvalue weighted by molar-refractivity contribution is -0.147. The second-order valence-corrected chi connectivity index (χ2v) is 7.17. The first-order chi connectivity index (χ1) is 11.0. The number of carbonyl (C=O) groups excluding carboxylic acids is 1. The summed E-state index contributed by atoms with van der Waals surface area (Å²) < 4.78 is 36.9. The Kier molecular flexibility index (Phi) is 4.36. The first-order valence-corrected chi connectivity index (χ1v) is 8.94. The fourth-order valence-corrected chi connectivity index (χ4v) is 3.79. The first-order valence-electron chi connectivity index (χ1n) is 7.45. The van der Waals surface area contributed by atoms with E-state index in [4.69, 9.17) is 9.47 Å². The van der Waals surface area contributed by atoms with Crippen molar-refractivity contribution in [3.63, 3.8) is 0 Å². The van der Waals surface area contributed by atoms with Crippen LogP contribution in [0, 0.1) is 0 Å². The first kappa shape index (κ1) is 15.9. The smallest absolute Gasteiger partial charge is 0.330 e. The van der Waals surface area contributed by atoms with Gasteiger partial charge in [-0.05, 0) is 31.9 Å². The van der Waals surface area contributed by atoms with Gasteiger partial charge in [0.05, 0.1) is 11.0 Å². The fourth-order valence-electron chi connectivity index (χ4n) is 2.55. The Morgan fingerprint density at radius 1 is 1.48 bits per heavy atom. The Hall–Kier alpha value is -1.93. The molecule has 2 atom stereocenters. The zero-order valence-corrected chi connectivity index (χ0v) is 13.5. The third kappa shape index (κ3) is 3.37. The minimum absolute atomic E-state index is 0.0514. The molecule has 1 aromatic rings. The number of esters is 1. The SMILES string of the molecule is C[C@@H](N=C1NS(=O)(=O)c2ccccc21)C(=O)OC[C@@H]1CCCO1. The molecule has 1 saturated heterocycles. The third-order valence-electron chi connectivity index (χ3n) is 3.76. The molecule has 23 heavy (non-hydrogen) atoms. The van der Waals surface area contributed by atoms with Gasteiger partial charge in [0.1, 0.15) is 18.5 Å². The molecule has 0 saturated carbocycles. The molecule has 8 heteroatoms. The summed E-state index contributed by atoms with van der Waals surface area (Å²) in [4.78, 5) is 16.3. The van der Waals surface area contributed by atoms with E-state index < -0.39 is 22.0 Å². The number of aliphatic imine (C=N–C) groups is 1. The molecule has 0 radical (unpaired) electrons. The largest absolute Gasteiger partial charge is 0.461 e. The van der Waals surface area contributed by atoms with Crippen LogP contribution in [-0.2, 0) is 24.3 Å². The normalized spacial score (nSPS) is 24.9. The summed E-state index contributed by atoms with van der Waals surface area (Å²) in [5.41, 5.74) is 0.464. The van der Waals surface area contributed by atoms with Crippen molar-refractivity contribution in [1.82, 2.24) is 4.72 Å². The molecule has 1 N–H and O–H groups in total. The minimum Gasteiger partial charge on any atom is -0.461 e. The van der Waals surface area contributed by atoms with Crippen molar-refractivity contribution < 1.29 is 22.7 Å². The van der Waals surface area contributed by atoms with Gasteiger partial charge in [-0.2, -0.15) is 0 Å². The van der Waals surface area contributed by atoms with Crippen molar-refractivity contribution in [3.05, 3.63) is 29.8 Å². The van der Waals surface area contributed by atoms with E-state index in [1.807, 2.05) is 0 Å². The maximum Gasteiger partial charge on any atom is 0.330 e. The zero-order chi connectivity index (χ0) is 16.4. The number of ether oxygens (including phenoxy) is 2. The average Bonchev–Trinajstić information content (AvgIpc) is 3.12. The summed E-state index contributed by atoms with van der Waals surface area (Å²) in [5, 5.41) is 0. The Balaban J connectivity index is 1.70. The lowest BCUT2D eigenvalue weighted by Crippen LogP contribution is -2.28. The van der Waals surface area contributed by atoms with Gasteiger partial charge < -0.3 is 9.47 Å². The summed E-state index contributed by atoms with van der Waals surface area (Å²) >= 11 is 0. The highest BCUT2D eigenvalue weighted by atomic mass is 32.2. The van der Waals surface area contributed by atoms with Gasteiger partial charge in [0.2, 0.25) is 0 Å². The van der Waals surface area contributed by atoms with E-state index in [-0.39, 0.29) is 23.4 Å². The number of benzene rings is 1. The monoisotopic (exact) mass is 338 g/mol. The van der Waals surface area contributed by atoms with Gasteiger partial charge in [0.15, 0.2) is 0 Å². The standard InChI is InChI=1S/C15H18N2O5S/c1-10(15(18)22-9-11-5-4-8-21-11)16-14-12-6-2-3-7-13(12)23(19,20)17-14/h2-3,6-7,10-11H,4-5,8-9H2,1H3,(H,16,17)/t10-,11+/m1/s1. The van der Waals surface area contributed by atoms with Gasteiger partial charge in [0, 0.05) is 12.2 Å². The molecule has 2 heterocycles. The highest BCUT2D eigenvalue weighted by Crippen LogP contribution is 2.22. The van der Waals surface area contributed by atoms with Crippen LogP contribution >= 0.6 is 0 Å². The van der Waals surface area contributed by atoms with E-state index in [9.17, 15) is 13.2 Å². The number of nitrogens with zero attached hydrogens (tertiary/aromatic N) is 1. The van der Waals surface area contributed by atoms with E-state index in [2.05, 4.69) is 9.71 Å². The van der Waals surface area contributed by atoms with E-state index in [1.165, 1.54) is 6.07 Å². The molecule has 0 bridgehead atoms. The van der Waals surface area contributed by atoms with Gasteiger partial charge in [0.25, 0.3) is 10.0 Å². The molecule has 1 aromatic carbocycles. The highest BCUT2D eigenvalue weighted by molar-refractivity contribution is 7.90. The number of amidine groups is 1. The van der Waals surface area contributed by atoms with Crippen LogP contribution in [0.4, 0.5) is 0 Å². The molecule has 0 aliphatic carbocycles. The van der Waals surface area contributed by atoms with Crippen molar-refractivity contribution in [3.8, 4) is 0 Å². The van der Waals surface area contributed by atoms with E-state index in [0.717, 1.165) is 12.8 Å². The predicted octanol–water partition coefficient (Wildman–Crippen LogP) is 0.836. The number of fused-ring (bicyclic) bond motifs is 1. The molecule has 3 rings (SSSR count). The van der Waals surface area contributed by atoms with Crippen LogP contribution in [0.25, 0.3) is 0 Å². The van der Waals surface area contributed by atoms with Crippen LogP contribution in [0.1, 0.15) is 25.3 Å². The zero-order valence-electron chi connectivity index (χ0n) is 12.7. The van der Waals surface area contributed by atoms with Crippen LogP contribution in [-0.4, -0.2) is 45.6 Å². The Bertz CT molecular complexity index is 738. The molecule has 2 aliphatic rings. The van der Waals surface area contributed by atoms with Gasteiger partial charge in [-0.25, -0.2) is 13.2 Å². The van der Waals surface area contributed by atoms with Crippen LogP contribution < -0.4 is 4.72 Å². The molecular weight excluding hydrogens is 320 g/mol. The van der Waals surface area contributed by atoms with Crippen molar-refractivity contribution in [2.45, 2.75) is 36.8 Å². The maximum atomic E-state index is 12.0. The highest BCUT2D eigenvalue weighted by Gasteiger charge is 2.31. The van der Waals surface area contributed by atoms with Crippen molar-refractivity contribution in [2.75, 3.05) is 13.2 Å². The number of carbonyl (C=O) groups is 1. The topological polar surface area (TPSA) is 94.1 Å². The molecule has 0 spiro atoms. The van der Waals surface area contributed by atoms with Crippen LogP contribution in [0.15, 0.2) is 34.2 Å².